The molecular formula is C23H26N4O2. The predicted molar refractivity (Wildman–Crippen MR) is 114 cm³/mol. The first-order valence-electron chi connectivity index (χ1n) is 10.1. The van der Waals surface area contributed by atoms with Gasteiger partial charge in [0.1, 0.15) is 6.04 Å². The lowest BCUT2D eigenvalue weighted by Gasteiger charge is -2.34. The summed E-state index contributed by atoms with van der Waals surface area (Å²) < 4.78 is 0. The molecule has 6 heteroatoms. The SMILES string of the molecule is CC(=O)C1Nc2ccccc2C1=NC(=O)CN1CCN(Cc2ccccc2)CC1. The normalized spacial score (nSPS) is 21.0. The van der Waals surface area contributed by atoms with Crippen LogP contribution in [0.15, 0.2) is 59.6 Å². The molecule has 1 unspecified atom stereocenters. The van der Waals surface area contributed by atoms with Crippen molar-refractivity contribution in [3.63, 3.8) is 0 Å². The minimum absolute atomic E-state index is 0.0396. The van der Waals surface area contributed by atoms with Gasteiger partial charge in [-0.15, -0.1) is 0 Å². The van der Waals surface area contributed by atoms with Crippen molar-refractivity contribution in [2.45, 2.75) is 19.5 Å². The molecule has 0 spiro atoms. The second-order valence-electron chi connectivity index (χ2n) is 7.66. The molecule has 29 heavy (non-hydrogen) atoms. The van der Waals surface area contributed by atoms with Gasteiger partial charge < -0.3 is 5.32 Å². The molecule has 0 aromatic heterocycles. The molecular weight excluding hydrogens is 364 g/mol. The number of anilines is 1. The summed E-state index contributed by atoms with van der Waals surface area (Å²) in [4.78, 5) is 33.5. The summed E-state index contributed by atoms with van der Waals surface area (Å²) in [7, 11) is 0. The maximum absolute atomic E-state index is 12.6. The van der Waals surface area contributed by atoms with E-state index < -0.39 is 6.04 Å². The largest absolute Gasteiger partial charge is 0.370 e. The first-order valence-corrected chi connectivity index (χ1v) is 10.1. The summed E-state index contributed by atoms with van der Waals surface area (Å²) in [6.07, 6.45) is 0. The monoisotopic (exact) mass is 390 g/mol. The molecule has 1 fully saturated rings. The molecule has 2 aliphatic heterocycles. The number of rotatable bonds is 5. The Morgan fingerprint density at radius 1 is 0.966 bits per heavy atom. The lowest BCUT2D eigenvalue weighted by atomic mass is 10.0. The molecule has 1 amide bonds. The van der Waals surface area contributed by atoms with Gasteiger partial charge in [-0.05, 0) is 18.6 Å². The van der Waals surface area contributed by atoms with Gasteiger partial charge in [-0.2, -0.15) is 0 Å². The van der Waals surface area contributed by atoms with Gasteiger partial charge in [0.25, 0.3) is 5.91 Å². The highest BCUT2D eigenvalue weighted by molar-refractivity contribution is 6.26. The van der Waals surface area contributed by atoms with Gasteiger partial charge in [-0.1, -0.05) is 48.5 Å². The molecule has 2 aromatic rings. The van der Waals surface area contributed by atoms with Crippen molar-refractivity contribution in [3.05, 3.63) is 65.7 Å². The second kappa shape index (κ2) is 8.68. The lowest BCUT2D eigenvalue weighted by molar-refractivity contribution is -0.119. The van der Waals surface area contributed by atoms with Crippen LogP contribution >= 0.6 is 0 Å². The molecule has 2 heterocycles. The lowest BCUT2D eigenvalue weighted by Crippen LogP contribution is -2.47. The number of Topliss-reactive ketones (excluding diaryl/α,β-unsaturated/α-hetero) is 1. The number of nitrogens with one attached hydrogen (secondary N) is 1. The van der Waals surface area contributed by atoms with Crippen LogP contribution in [0.3, 0.4) is 0 Å². The van der Waals surface area contributed by atoms with Crippen molar-refractivity contribution in [1.29, 1.82) is 0 Å². The molecule has 0 bridgehead atoms. The number of hydrogen-bond donors (Lipinski definition) is 1. The topological polar surface area (TPSA) is 65.0 Å². The maximum atomic E-state index is 12.6. The van der Waals surface area contributed by atoms with E-state index in [0.717, 1.165) is 44.0 Å². The number of benzene rings is 2. The van der Waals surface area contributed by atoms with Gasteiger partial charge in [0.2, 0.25) is 0 Å². The van der Waals surface area contributed by atoms with E-state index in [9.17, 15) is 9.59 Å². The Balaban J connectivity index is 1.36. The van der Waals surface area contributed by atoms with Crippen molar-refractivity contribution >= 4 is 23.1 Å². The highest BCUT2D eigenvalue weighted by Gasteiger charge is 2.31. The van der Waals surface area contributed by atoms with Gasteiger partial charge in [0, 0.05) is 44.0 Å². The standard InChI is InChI=1S/C23H26N4O2/c1-17(28)22-23(19-9-5-6-10-20(19)24-22)25-21(29)16-27-13-11-26(12-14-27)15-18-7-3-2-4-8-18/h2-10,22,24H,11-16H2,1H3. The zero-order valence-corrected chi connectivity index (χ0v) is 16.7. The fourth-order valence-electron chi connectivity index (χ4n) is 3.94. The minimum atomic E-state index is -0.543. The first-order chi connectivity index (χ1) is 14.1. The van der Waals surface area contributed by atoms with Gasteiger partial charge in [-0.3, -0.25) is 19.4 Å². The number of hydrogen-bond acceptors (Lipinski definition) is 5. The minimum Gasteiger partial charge on any atom is -0.370 e. The number of aliphatic imine (C=N–C) groups is 1. The van der Waals surface area contributed by atoms with E-state index in [1.807, 2.05) is 30.3 Å². The van der Waals surface area contributed by atoms with E-state index >= 15 is 0 Å². The second-order valence-corrected chi connectivity index (χ2v) is 7.66. The van der Waals surface area contributed by atoms with Gasteiger partial charge in [-0.25, -0.2) is 4.99 Å². The van der Waals surface area contributed by atoms with Crippen LogP contribution in [0.5, 0.6) is 0 Å². The third kappa shape index (κ3) is 4.60. The van der Waals surface area contributed by atoms with E-state index in [2.05, 4.69) is 44.4 Å². The Kier molecular flexibility index (Phi) is 5.83. The molecule has 0 aliphatic carbocycles. The van der Waals surface area contributed by atoms with Crippen molar-refractivity contribution < 1.29 is 9.59 Å². The van der Waals surface area contributed by atoms with E-state index in [-0.39, 0.29) is 18.2 Å². The number of carbonyl (C=O) groups excluding carboxylic acids is 2. The van der Waals surface area contributed by atoms with Crippen LogP contribution in [0, 0.1) is 0 Å². The average molecular weight is 390 g/mol. The summed E-state index contributed by atoms with van der Waals surface area (Å²) in [6.45, 7) is 6.29. The van der Waals surface area contributed by atoms with E-state index in [4.69, 9.17) is 0 Å². The maximum Gasteiger partial charge on any atom is 0.260 e. The highest BCUT2D eigenvalue weighted by atomic mass is 16.1. The van der Waals surface area contributed by atoms with Gasteiger partial charge in [0.15, 0.2) is 5.78 Å². The number of carbonyl (C=O) groups is 2. The number of amides is 1. The Morgan fingerprint density at radius 2 is 1.62 bits per heavy atom. The smallest absolute Gasteiger partial charge is 0.260 e. The highest BCUT2D eigenvalue weighted by Crippen LogP contribution is 2.26. The van der Waals surface area contributed by atoms with E-state index in [1.165, 1.54) is 12.5 Å². The number of para-hydroxylation sites is 1. The number of nitrogens with zero attached hydrogens (tertiary/aromatic N) is 3. The molecule has 2 aromatic carbocycles. The Hall–Kier alpha value is -2.83. The third-order valence-corrected chi connectivity index (χ3v) is 5.50. The summed E-state index contributed by atoms with van der Waals surface area (Å²) >= 11 is 0. The Bertz CT molecular complexity index is 917. The zero-order valence-electron chi connectivity index (χ0n) is 16.7. The quantitative estimate of drug-likeness (QED) is 0.848. The van der Waals surface area contributed by atoms with Crippen LogP contribution in [0.2, 0.25) is 0 Å². The molecule has 1 saturated heterocycles. The molecule has 150 valence electrons. The van der Waals surface area contributed by atoms with Crippen LogP contribution in [0.25, 0.3) is 0 Å². The van der Waals surface area contributed by atoms with Crippen molar-refractivity contribution in [2.24, 2.45) is 4.99 Å². The molecule has 1 atom stereocenters. The molecule has 4 rings (SSSR count). The Labute approximate surface area is 171 Å². The van der Waals surface area contributed by atoms with Crippen LogP contribution < -0.4 is 5.32 Å². The van der Waals surface area contributed by atoms with Crippen molar-refractivity contribution in [3.8, 4) is 0 Å². The fourth-order valence-corrected chi connectivity index (χ4v) is 3.94. The zero-order chi connectivity index (χ0) is 20.2. The van der Waals surface area contributed by atoms with Crippen LogP contribution in [0.4, 0.5) is 5.69 Å². The Morgan fingerprint density at radius 3 is 2.34 bits per heavy atom. The molecule has 2 aliphatic rings. The average Bonchev–Trinajstić information content (AvgIpc) is 3.09. The van der Waals surface area contributed by atoms with Gasteiger partial charge in [0.05, 0.1) is 12.3 Å². The predicted octanol–water partition coefficient (Wildman–Crippen LogP) is 2.20. The van der Waals surface area contributed by atoms with Gasteiger partial charge >= 0.3 is 0 Å². The summed E-state index contributed by atoms with van der Waals surface area (Å²) in [6, 6.07) is 17.5. The fraction of sp³-hybridized carbons (Fsp3) is 0.348. The summed E-state index contributed by atoms with van der Waals surface area (Å²) in [5, 5.41) is 3.17. The van der Waals surface area contributed by atoms with Crippen LogP contribution in [-0.4, -0.2) is 66.0 Å². The first kappa shape index (κ1) is 19.5. The number of fused-ring (bicyclic) bond motifs is 1. The van der Waals surface area contributed by atoms with E-state index in [0.29, 0.717) is 5.71 Å². The third-order valence-electron chi connectivity index (χ3n) is 5.50. The van der Waals surface area contributed by atoms with Crippen LogP contribution in [-0.2, 0) is 16.1 Å². The molecule has 6 nitrogen and oxygen atoms in total. The van der Waals surface area contributed by atoms with E-state index in [1.54, 1.807) is 0 Å². The molecule has 0 saturated carbocycles. The number of ketones is 1. The molecule has 1 N–H and O–H groups in total. The summed E-state index contributed by atoms with van der Waals surface area (Å²) in [5.74, 6) is -0.233. The van der Waals surface area contributed by atoms with Crippen LogP contribution in [0.1, 0.15) is 18.1 Å². The molecule has 0 radical (unpaired) electrons. The van der Waals surface area contributed by atoms with Crippen molar-refractivity contribution in [1.82, 2.24) is 9.80 Å². The van der Waals surface area contributed by atoms with Crippen molar-refractivity contribution in [2.75, 3.05) is 38.0 Å². The summed E-state index contributed by atoms with van der Waals surface area (Å²) in [5.41, 5.74) is 3.55. The number of piperazine rings is 1.